The van der Waals surface area contributed by atoms with Crippen LogP contribution in [0.5, 0.6) is 17.2 Å². The second-order valence-electron chi connectivity index (χ2n) is 10.1. The van der Waals surface area contributed by atoms with Gasteiger partial charge in [0.25, 0.3) is 5.91 Å². The van der Waals surface area contributed by atoms with Crippen molar-refractivity contribution in [2.24, 2.45) is 5.73 Å². The third-order valence-electron chi connectivity index (χ3n) is 6.49. The molecule has 1 aromatic carbocycles. The van der Waals surface area contributed by atoms with Gasteiger partial charge in [0.2, 0.25) is 6.79 Å². The zero-order valence-corrected chi connectivity index (χ0v) is 24.8. The smallest absolute Gasteiger partial charge is 0.306 e. The van der Waals surface area contributed by atoms with E-state index in [1.807, 2.05) is 37.3 Å². The first kappa shape index (κ1) is 34.3. The van der Waals surface area contributed by atoms with Crippen molar-refractivity contribution in [2.45, 2.75) is 96.4 Å². The van der Waals surface area contributed by atoms with Crippen LogP contribution in [0.2, 0.25) is 0 Å². The molecule has 1 aromatic heterocycles. The largest absolute Gasteiger partial charge is 0.493 e. The Balaban J connectivity index is 0.000000246. The lowest BCUT2D eigenvalue weighted by atomic mass is 10.0. The summed E-state index contributed by atoms with van der Waals surface area (Å²) in [6, 6.07) is 11.4. The van der Waals surface area contributed by atoms with E-state index in [2.05, 4.69) is 9.72 Å². The van der Waals surface area contributed by atoms with Crippen LogP contribution in [-0.4, -0.2) is 60.2 Å². The predicted octanol–water partition coefficient (Wildman–Crippen LogP) is 4.73. The van der Waals surface area contributed by atoms with Crippen molar-refractivity contribution in [1.82, 2.24) is 4.98 Å². The highest BCUT2D eigenvalue weighted by Gasteiger charge is 2.20. The summed E-state index contributed by atoms with van der Waals surface area (Å²) < 4.78 is 26.0. The molecule has 2 heterocycles. The summed E-state index contributed by atoms with van der Waals surface area (Å²) in [4.78, 5) is 36.9. The third-order valence-corrected chi connectivity index (χ3v) is 6.49. The predicted molar refractivity (Wildman–Crippen MR) is 155 cm³/mol. The molecule has 11 nitrogen and oxygen atoms in total. The molecule has 1 saturated carbocycles. The minimum atomic E-state index is -0.762. The minimum Gasteiger partial charge on any atom is -0.493 e. The van der Waals surface area contributed by atoms with E-state index in [1.165, 1.54) is 39.1 Å². The summed E-state index contributed by atoms with van der Waals surface area (Å²) >= 11 is 0. The van der Waals surface area contributed by atoms with Crippen molar-refractivity contribution in [2.75, 3.05) is 13.9 Å². The summed E-state index contributed by atoms with van der Waals surface area (Å²) in [6.45, 7) is 2.83. The van der Waals surface area contributed by atoms with E-state index in [0.29, 0.717) is 6.42 Å². The number of esters is 2. The van der Waals surface area contributed by atoms with Gasteiger partial charge in [-0.15, -0.1) is 0 Å². The van der Waals surface area contributed by atoms with Gasteiger partial charge in [-0.2, -0.15) is 0 Å². The zero-order valence-electron chi connectivity index (χ0n) is 24.8. The zero-order chi connectivity index (χ0) is 30.7. The van der Waals surface area contributed by atoms with Crippen LogP contribution in [-0.2, 0) is 19.1 Å². The molecular weight excluding hydrogens is 544 g/mol. The molecule has 1 saturated heterocycles. The fourth-order valence-corrected chi connectivity index (χ4v) is 4.42. The molecule has 3 N–H and O–H groups in total. The van der Waals surface area contributed by atoms with Gasteiger partial charge in [0.15, 0.2) is 17.2 Å². The maximum atomic E-state index is 11.5. The van der Waals surface area contributed by atoms with E-state index in [0.717, 1.165) is 50.7 Å². The Morgan fingerprint density at radius 2 is 1.74 bits per heavy atom. The van der Waals surface area contributed by atoms with E-state index >= 15 is 0 Å². The number of hydrogen-bond donors (Lipinski definition) is 2. The number of para-hydroxylation sites is 1. The number of ether oxygens (including phenoxy) is 5. The highest BCUT2D eigenvalue weighted by atomic mass is 16.7. The number of aliphatic hydroxyl groups excluding tert-OH is 1. The number of cyclic esters (lactones) is 1. The van der Waals surface area contributed by atoms with Gasteiger partial charge >= 0.3 is 11.9 Å². The monoisotopic (exact) mass is 588 g/mol. The van der Waals surface area contributed by atoms with Gasteiger partial charge < -0.3 is 34.5 Å². The Morgan fingerprint density at radius 3 is 2.33 bits per heavy atom. The van der Waals surface area contributed by atoms with Crippen LogP contribution in [0.15, 0.2) is 42.6 Å². The number of aliphatic hydroxyl groups is 1. The standard InChI is InChI=1S/C16H22O3.C10H12N2O5.C5H10O/c1-13-12-15(19-14-8-4-2-5-9-14)10-6-3-7-11-16(17)18-13;1-6(13)16-5-17-9-7(15-2)3-4-12-8(9)10(11)14;6-5-3-1-2-4-5/h2,4-5,8-9,13,15H,3,6-7,10-12H2,1H3;3-4H,5H2,1-2H3,(H2,11,14);5-6H,1-4H2. The Kier molecular flexibility index (Phi) is 15.8. The summed E-state index contributed by atoms with van der Waals surface area (Å²) in [5, 5.41) is 8.73. The normalized spacial score (nSPS) is 19.0. The van der Waals surface area contributed by atoms with Gasteiger partial charge in [-0.1, -0.05) is 37.5 Å². The van der Waals surface area contributed by atoms with E-state index in [4.69, 9.17) is 29.8 Å². The summed E-state index contributed by atoms with van der Waals surface area (Å²) in [5.41, 5.74) is 5.04. The Bertz CT molecular complexity index is 1090. The third kappa shape index (κ3) is 13.7. The van der Waals surface area contributed by atoms with Crippen LogP contribution >= 0.6 is 0 Å². The van der Waals surface area contributed by atoms with Gasteiger partial charge in [0.05, 0.1) is 13.2 Å². The van der Waals surface area contributed by atoms with Gasteiger partial charge in [0, 0.05) is 32.0 Å². The van der Waals surface area contributed by atoms with Crippen LogP contribution in [0, 0.1) is 0 Å². The van der Waals surface area contributed by atoms with Crippen LogP contribution in [0.25, 0.3) is 0 Å². The fraction of sp³-hybridized carbons (Fsp3) is 0.548. The Morgan fingerprint density at radius 1 is 1.05 bits per heavy atom. The number of hydrogen-bond acceptors (Lipinski definition) is 10. The van der Waals surface area contributed by atoms with Crippen molar-refractivity contribution >= 4 is 17.8 Å². The number of rotatable bonds is 7. The molecule has 2 aromatic rings. The number of carbonyl (C=O) groups is 3. The summed E-state index contributed by atoms with van der Waals surface area (Å²) in [7, 11) is 1.40. The highest BCUT2D eigenvalue weighted by molar-refractivity contribution is 5.94. The molecule has 1 aliphatic heterocycles. The maximum Gasteiger partial charge on any atom is 0.306 e. The molecule has 0 spiro atoms. The molecule has 0 bridgehead atoms. The number of nitrogens with two attached hydrogens (primary N) is 1. The van der Waals surface area contributed by atoms with Gasteiger partial charge in [0.1, 0.15) is 18.0 Å². The first-order valence-corrected chi connectivity index (χ1v) is 14.4. The molecule has 2 aliphatic rings. The van der Waals surface area contributed by atoms with Crippen molar-refractivity contribution in [3.05, 3.63) is 48.3 Å². The molecule has 2 fully saturated rings. The molecule has 42 heavy (non-hydrogen) atoms. The van der Waals surface area contributed by atoms with E-state index < -0.39 is 11.9 Å². The maximum absolute atomic E-state index is 11.5. The molecule has 232 valence electrons. The van der Waals surface area contributed by atoms with Gasteiger partial charge in [-0.25, -0.2) is 4.98 Å². The lowest BCUT2D eigenvalue weighted by Crippen LogP contribution is -2.26. The van der Waals surface area contributed by atoms with Gasteiger partial charge in [-0.05, 0) is 51.2 Å². The quantitative estimate of drug-likeness (QED) is 0.342. The lowest BCUT2D eigenvalue weighted by molar-refractivity contribution is -0.150. The van der Waals surface area contributed by atoms with Crippen LogP contribution < -0.4 is 19.9 Å². The number of nitrogens with zero attached hydrogens (tertiary/aromatic N) is 1. The summed E-state index contributed by atoms with van der Waals surface area (Å²) in [6.07, 6.45) is 11.5. The van der Waals surface area contributed by atoms with E-state index in [1.54, 1.807) is 0 Å². The Hall–Kier alpha value is -3.86. The number of carbonyl (C=O) groups excluding carboxylic acids is 3. The van der Waals surface area contributed by atoms with Crippen LogP contribution in [0.4, 0.5) is 0 Å². The second kappa shape index (κ2) is 19.3. The topological polar surface area (TPSA) is 156 Å². The highest BCUT2D eigenvalue weighted by Crippen LogP contribution is 2.29. The molecule has 4 rings (SSSR count). The molecular formula is C31H44N2O9. The van der Waals surface area contributed by atoms with Crippen molar-refractivity contribution < 1.29 is 43.2 Å². The first-order chi connectivity index (χ1) is 20.2. The number of amides is 1. The average Bonchev–Trinajstić information content (AvgIpc) is 3.44. The minimum absolute atomic E-state index is 0.0451. The Labute approximate surface area is 247 Å². The van der Waals surface area contributed by atoms with E-state index in [-0.39, 0.29) is 48.3 Å². The van der Waals surface area contributed by atoms with Crippen molar-refractivity contribution in [3.8, 4) is 17.2 Å². The number of primary amides is 1. The number of benzene rings is 1. The second-order valence-corrected chi connectivity index (χ2v) is 10.1. The average molecular weight is 589 g/mol. The first-order valence-electron chi connectivity index (χ1n) is 14.4. The van der Waals surface area contributed by atoms with E-state index in [9.17, 15) is 14.4 Å². The SMILES string of the molecule is CC1CC(Oc2ccccc2)CCCCCC(=O)O1.COc1ccnc(C(N)=O)c1OCOC(C)=O.OC1CCCC1. The number of methoxy groups -OCH3 is 1. The molecule has 2 atom stereocenters. The van der Waals surface area contributed by atoms with Crippen LogP contribution in [0.1, 0.15) is 88.5 Å². The molecule has 1 amide bonds. The van der Waals surface area contributed by atoms with Crippen LogP contribution in [0.3, 0.4) is 0 Å². The molecule has 0 radical (unpaired) electrons. The van der Waals surface area contributed by atoms with Crippen molar-refractivity contribution in [1.29, 1.82) is 0 Å². The summed E-state index contributed by atoms with van der Waals surface area (Å²) in [5.74, 6) is -0.129. The molecule has 2 unspecified atom stereocenters. The lowest BCUT2D eigenvalue weighted by Gasteiger charge is -2.24. The molecule has 1 aliphatic carbocycles. The molecule has 11 heteroatoms. The van der Waals surface area contributed by atoms with Gasteiger partial charge in [-0.3, -0.25) is 14.4 Å². The number of aromatic nitrogens is 1. The van der Waals surface area contributed by atoms with Crippen molar-refractivity contribution in [3.63, 3.8) is 0 Å². The number of pyridine rings is 1. The fourth-order valence-electron chi connectivity index (χ4n) is 4.42.